The maximum Gasteiger partial charge on any atom is 0.326 e. The predicted molar refractivity (Wildman–Crippen MR) is 146 cm³/mol. The molecule has 1 rings (SSSR count). The summed E-state index contributed by atoms with van der Waals surface area (Å²) >= 11 is 0. The topological polar surface area (TPSA) is 215 Å². The summed E-state index contributed by atoms with van der Waals surface area (Å²) in [5, 5.41) is 17.4. The number of aliphatic imine (C=N–C) groups is 1. The third kappa shape index (κ3) is 11.2. The lowest BCUT2D eigenvalue weighted by Gasteiger charge is -2.28. The van der Waals surface area contributed by atoms with Crippen LogP contribution in [0.2, 0.25) is 0 Å². The largest absolute Gasteiger partial charge is 0.480 e. The molecule has 0 saturated heterocycles. The molecule has 0 fully saturated rings. The molecule has 0 aliphatic carbocycles. The van der Waals surface area contributed by atoms with Gasteiger partial charge in [-0.1, -0.05) is 64.4 Å². The van der Waals surface area contributed by atoms with Crippen LogP contribution in [0.1, 0.15) is 52.5 Å². The van der Waals surface area contributed by atoms with Gasteiger partial charge < -0.3 is 38.3 Å². The second-order valence-corrected chi connectivity index (χ2v) is 9.75. The van der Waals surface area contributed by atoms with Crippen LogP contribution in [0.15, 0.2) is 35.3 Å². The number of carbonyl (C=O) groups is 4. The number of hydrogen-bond acceptors (Lipinski definition) is 6. The van der Waals surface area contributed by atoms with E-state index in [4.69, 9.17) is 17.2 Å². The van der Waals surface area contributed by atoms with Crippen LogP contribution in [0.3, 0.4) is 0 Å². The van der Waals surface area contributed by atoms with Crippen LogP contribution in [0.4, 0.5) is 0 Å². The first-order valence-corrected chi connectivity index (χ1v) is 12.9. The second kappa shape index (κ2) is 16.2. The van der Waals surface area contributed by atoms with Gasteiger partial charge in [-0.25, -0.2) is 4.79 Å². The predicted octanol–water partition coefficient (Wildman–Crippen LogP) is -0.149. The van der Waals surface area contributed by atoms with Gasteiger partial charge in [0.2, 0.25) is 17.7 Å². The molecule has 0 aromatic heterocycles. The standard InChI is InChI=1S/C26H43N7O5/c1-5-16(4)21(33-22(34)18(27)14-17-10-7-6-8-11-17)24(36)31-19(12-9-13-30-26(28)29)23(35)32-20(15(2)3)25(37)38/h6-8,10-11,15-16,18-21H,5,9,12-14,27H2,1-4H3,(H,31,36)(H,32,35)(H,33,34)(H,37,38)(H4,28,29,30). The van der Waals surface area contributed by atoms with Crippen molar-refractivity contribution >= 4 is 29.7 Å². The summed E-state index contributed by atoms with van der Waals surface area (Å²) < 4.78 is 0. The molecule has 0 heterocycles. The zero-order valence-corrected chi connectivity index (χ0v) is 22.6. The van der Waals surface area contributed by atoms with Crippen LogP contribution in [0.5, 0.6) is 0 Å². The van der Waals surface area contributed by atoms with E-state index < -0.39 is 47.9 Å². The van der Waals surface area contributed by atoms with Crippen molar-refractivity contribution in [2.24, 2.45) is 34.0 Å². The minimum Gasteiger partial charge on any atom is -0.480 e. The van der Waals surface area contributed by atoms with Gasteiger partial charge in [0, 0.05) is 6.54 Å². The summed E-state index contributed by atoms with van der Waals surface area (Å²) in [4.78, 5) is 54.7. The maximum absolute atomic E-state index is 13.3. The van der Waals surface area contributed by atoms with Crippen molar-refractivity contribution < 1.29 is 24.3 Å². The zero-order chi connectivity index (χ0) is 28.8. The van der Waals surface area contributed by atoms with Gasteiger partial charge in [0.1, 0.15) is 18.1 Å². The number of amides is 3. The van der Waals surface area contributed by atoms with E-state index in [0.717, 1.165) is 5.56 Å². The molecule has 0 radical (unpaired) electrons. The molecule has 212 valence electrons. The van der Waals surface area contributed by atoms with Crippen molar-refractivity contribution in [2.75, 3.05) is 6.54 Å². The van der Waals surface area contributed by atoms with Gasteiger partial charge in [0.15, 0.2) is 5.96 Å². The van der Waals surface area contributed by atoms with E-state index in [9.17, 15) is 24.3 Å². The molecule has 5 atom stereocenters. The summed E-state index contributed by atoms with van der Waals surface area (Å²) in [6.07, 6.45) is 1.36. The SMILES string of the molecule is CCC(C)C(NC(=O)C(N)Cc1ccccc1)C(=O)NC(CCCN=C(N)N)C(=O)NC(C(=O)O)C(C)C. The Kier molecular flexibility index (Phi) is 13.8. The monoisotopic (exact) mass is 533 g/mol. The highest BCUT2D eigenvalue weighted by Crippen LogP contribution is 2.11. The first-order valence-electron chi connectivity index (χ1n) is 12.9. The molecule has 0 saturated carbocycles. The molecular formula is C26H43N7O5. The number of rotatable bonds is 16. The Morgan fingerprint density at radius 2 is 1.53 bits per heavy atom. The van der Waals surface area contributed by atoms with E-state index in [2.05, 4.69) is 20.9 Å². The summed E-state index contributed by atoms with van der Waals surface area (Å²) in [6, 6.07) is 5.24. The molecule has 38 heavy (non-hydrogen) atoms. The molecule has 5 unspecified atom stereocenters. The van der Waals surface area contributed by atoms with Crippen molar-refractivity contribution in [3.8, 4) is 0 Å². The fraction of sp³-hybridized carbons (Fsp3) is 0.577. The fourth-order valence-corrected chi connectivity index (χ4v) is 3.72. The van der Waals surface area contributed by atoms with Crippen LogP contribution >= 0.6 is 0 Å². The molecule has 10 N–H and O–H groups in total. The quantitative estimate of drug-likeness (QED) is 0.0859. The Bertz CT molecular complexity index is 951. The molecule has 12 nitrogen and oxygen atoms in total. The molecule has 0 spiro atoms. The van der Waals surface area contributed by atoms with E-state index in [0.29, 0.717) is 19.3 Å². The van der Waals surface area contributed by atoms with Gasteiger partial charge in [-0.05, 0) is 36.7 Å². The highest BCUT2D eigenvalue weighted by molar-refractivity contribution is 5.94. The molecule has 3 amide bonds. The number of hydrogen-bond donors (Lipinski definition) is 7. The van der Waals surface area contributed by atoms with Gasteiger partial charge in [-0.3, -0.25) is 19.4 Å². The van der Waals surface area contributed by atoms with E-state index >= 15 is 0 Å². The van der Waals surface area contributed by atoms with Crippen molar-refractivity contribution in [2.45, 2.75) is 77.5 Å². The summed E-state index contributed by atoms with van der Waals surface area (Å²) in [7, 11) is 0. The third-order valence-electron chi connectivity index (χ3n) is 6.24. The first kappa shape index (κ1) is 32.4. The maximum atomic E-state index is 13.3. The Labute approximate surface area is 224 Å². The molecule has 1 aromatic rings. The minimum atomic E-state index is -1.18. The number of nitrogens with two attached hydrogens (primary N) is 3. The lowest BCUT2D eigenvalue weighted by atomic mass is 9.96. The number of nitrogens with zero attached hydrogens (tertiary/aromatic N) is 1. The lowest BCUT2D eigenvalue weighted by Crippen LogP contribution is -2.59. The number of carboxylic acid groups (broad SMARTS) is 1. The summed E-state index contributed by atoms with van der Waals surface area (Å²) in [5.74, 6) is -3.66. The normalized spacial score (nSPS) is 14.9. The lowest BCUT2D eigenvalue weighted by molar-refractivity contribution is -0.143. The Morgan fingerprint density at radius 1 is 0.921 bits per heavy atom. The van der Waals surface area contributed by atoms with Gasteiger partial charge in [0.05, 0.1) is 6.04 Å². The van der Waals surface area contributed by atoms with Crippen molar-refractivity contribution in [3.63, 3.8) is 0 Å². The van der Waals surface area contributed by atoms with E-state index in [1.54, 1.807) is 20.8 Å². The Morgan fingerprint density at radius 3 is 2.05 bits per heavy atom. The first-order chi connectivity index (χ1) is 17.9. The Balaban J connectivity index is 3.03. The van der Waals surface area contributed by atoms with E-state index in [1.165, 1.54) is 0 Å². The van der Waals surface area contributed by atoms with Crippen LogP contribution in [-0.2, 0) is 25.6 Å². The Hall–Kier alpha value is -3.67. The summed E-state index contributed by atoms with van der Waals surface area (Å²) in [5.41, 5.74) is 17.7. The number of nitrogens with one attached hydrogen (secondary N) is 3. The van der Waals surface area contributed by atoms with Crippen molar-refractivity contribution in [3.05, 3.63) is 35.9 Å². The van der Waals surface area contributed by atoms with Gasteiger partial charge >= 0.3 is 5.97 Å². The van der Waals surface area contributed by atoms with Crippen LogP contribution in [-0.4, -0.2) is 65.5 Å². The zero-order valence-electron chi connectivity index (χ0n) is 22.6. The highest BCUT2D eigenvalue weighted by Gasteiger charge is 2.33. The van der Waals surface area contributed by atoms with E-state index in [-0.39, 0.29) is 30.8 Å². The van der Waals surface area contributed by atoms with Crippen LogP contribution in [0, 0.1) is 11.8 Å². The number of benzene rings is 1. The molecule has 0 aliphatic rings. The third-order valence-corrected chi connectivity index (χ3v) is 6.24. The minimum absolute atomic E-state index is 0.104. The van der Waals surface area contributed by atoms with Gasteiger partial charge in [-0.2, -0.15) is 0 Å². The van der Waals surface area contributed by atoms with Crippen molar-refractivity contribution in [1.82, 2.24) is 16.0 Å². The smallest absolute Gasteiger partial charge is 0.326 e. The fourth-order valence-electron chi connectivity index (χ4n) is 3.72. The molecule has 12 heteroatoms. The summed E-state index contributed by atoms with van der Waals surface area (Å²) in [6.45, 7) is 7.23. The number of aliphatic carboxylic acids is 1. The number of carbonyl (C=O) groups excluding carboxylic acids is 3. The highest BCUT2D eigenvalue weighted by atomic mass is 16.4. The number of guanidine groups is 1. The van der Waals surface area contributed by atoms with Gasteiger partial charge in [-0.15, -0.1) is 0 Å². The second-order valence-electron chi connectivity index (χ2n) is 9.75. The van der Waals surface area contributed by atoms with Crippen LogP contribution in [0.25, 0.3) is 0 Å². The molecule has 1 aromatic carbocycles. The van der Waals surface area contributed by atoms with E-state index in [1.807, 2.05) is 37.3 Å². The average molecular weight is 534 g/mol. The number of carboxylic acids is 1. The molecule has 0 bridgehead atoms. The van der Waals surface area contributed by atoms with Crippen LogP contribution < -0.4 is 33.2 Å². The molecular weight excluding hydrogens is 490 g/mol. The average Bonchev–Trinajstić information content (AvgIpc) is 2.86. The molecule has 0 aliphatic heterocycles. The van der Waals surface area contributed by atoms with Gasteiger partial charge in [0.25, 0.3) is 0 Å². The van der Waals surface area contributed by atoms with Crippen molar-refractivity contribution in [1.29, 1.82) is 0 Å².